The van der Waals surface area contributed by atoms with E-state index in [2.05, 4.69) is 26.1 Å². The zero-order valence-electron chi connectivity index (χ0n) is 15.0. The largest absolute Gasteiger partial charge is 0.459 e. The Morgan fingerprint density at radius 3 is 2.96 bits per heavy atom. The summed E-state index contributed by atoms with van der Waals surface area (Å²) in [5.41, 5.74) is 1.28. The van der Waals surface area contributed by atoms with Crippen LogP contribution in [-0.2, 0) is 17.8 Å². The van der Waals surface area contributed by atoms with Crippen LogP contribution in [0.1, 0.15) is 35.5 Å². The molecule has 2 aromatic heterocycles. The number of carbonyl (C=O) groups excluding carboxylic acids is 1. The van der Waals surface area contributed by atoms with Crippen molar-refractivity contribution >= 4 is 5.91 Å². The predicted molar refractivity (Wildman–Crippen MR) is 95.6 cm³/mol. The summed E-state index contributed by atoms with van der Waals surface area (Å²) in [6.45, 7) is 5.22. The average Bonchev–Trinajstić information content (AvgIpc) is 3.32. The van der Waals surface area contributed by atoms with E-state index in [1.54, 1.807) is 12.1 Å². The lowest BCUT2D eigenvalue weighted by Crippen LogP contribution is -2.41. The summed E-state index contributed by atoms with van der Waals surface area (Å²) in [6.07, 6.45) is 6.52. The van der Waals surface area contributed by atoms with Gasteiger partial charge >= 0.3 is 0 Å². The van der Waals surface area contributed by atoms with Crippen LogP contribution in [0.25, 0.3) is 0 Å². The number of carbonyl (C=O) groups is 1. The molecule has 140 valence electrons. The maximum Gasteiger partial charge on any atom is 0.286 e. The lowest BCUT2D eigenvalue weighted by Gasteiger charge is -2.34. The van der Waals surface area contributed by atoms with E-state index >= 15 is 0 Å². The molecule has 0 spiro atoms. The van der Waals surface area contributed by atoms with Crippen LogP contribution in [0.5, 0.6) is 0 Å². The lowest BCUT2D eigenvalue weighted by molar-refractivity contribution is 0.0259. The number of rotatable bonds is 5. The first-order chi connectivity index (χ1) is 12.8. The van der Waals surface area contributed by atoms with Gasteiger partial charge in [0, 0.05) is 51.6 Å². The molecule has 1 N–H and O–H groups in total. The van der Waals surface area contributed by atoms with Gasteiger partial charge in [-0.25, -0.2) is 0 Å². The van der Waals surface area contributed by atoms with Gasteiger partial charge in [0.15, 0.2) is 5.76 Å². The summed E-state index contributed by atoms with van der Waals surface area (Å²) in [5, 5.41) is 7.46. The SMILES string of the molecule is O=C(NCC[C@H]1CN(C2CCOCC2)Cc2ccnn2C1)c1ccco1. The van der Waals surface area contributed by atoms with Crippen LogP contribution >= 0.6 is 0 Å². The van der Waals surface area contributed by atoms with Crippen molar-refractivity contribution in [2.24, 2.45) is 5.92 Å². The van der Waals surface area contributed by atoms with E-state index in [0.29, 0.717) is 24.3 Å². The summed E-state index contributed by atoms with van der Waals surface area (Å²) in [5.74, 6) is 0.671. The third-order valence-corrected chi connectivity index (χ3v) is 5.38. The molecule has 0 aromatic carbocycles. The van der Waals surface area contributed by atoms with Crippen molar-refractivity contribution in [2.45, 2.75) is 38.4 Å². The Bertz CT molecular complexity index is 706. The fourth-order valence-electron chi connectivity index (χ4n) is 3.96. The van der Waals surface area contributed by atoms with E-state index in [4.69, 9.17) is 9.15 Å². The Labute approximate surface area is 153 Å². The van der Waals surface area contributed by atoms with E-state index in [1.165, 1.54) is 12.0 Å². The minimum Gasteiger partial charge on any atom is -0.459 e. The molecule has 0 bridgehead atoms. The van der Waals surface area contributed by atoms with Crippen LogP contribution in [0.2, 0.25) is 0 Å². The predicted octanol–water partition coefficient (Wildman–Crippen LogP) is 1.91. The minimum atomic E-state index is -0.148. The summed E-state index contributed by atoms with van der Waals surface area (Å²) < 4.78 is 12.8. The van der Waals surface area contributed by atoms with E-state index in [9.17, 15) is 4.79 Å². The molecule has 7 heteroatoms. The van der Waals surface area contributed by atoms with Crippen LogP contribution in [0.4, 0.5) is 0 Å². The van der Waals surface area contributed by atoms with Crippen molar-refractivity contribution in [3.8, 4) is 0 Å². The van der Waals surface area contributed by atoms with Gasteiger partial charge in [0.25, 0.3) is 5.91 Å². The Balaban J connectivity index is 1.37. The zero-order valence-corrected chi connectivity index (χ0v) is 15.0. The second-order valence-electron chi connectivity index (χ2n) is 7.17. The normalized spacial score (nSPS) is 21.9. The van der Waals surface area contributed by atoms with Crippen molar-refractivity contribution < 1.29 is 13.9 Å². The minimum absolute atomic E-state index is 0.148. The van der Waals surface area contributed by atoms with Crippen LogP contribution in [0.3, 0.4) is 0 Å². The number of hydrogen-bond acceptors (Lipinski definition) is 5. The van der Waals surface area contributed by atoms with Crippen molar-refractivity contribution in [2.75, 3.05) is 26.3 Å². The van der Waals surface area contributed by atoms with Gasteiger partial charge < -0.3 is 14.5 Å². The van der Waals surface area contributed by atoms with E-state index in [-0.39, 0.29) is 5.91 Å². The Morgan fingerprint density at radius 1 is 1.27 bits per heavy atom. The quantitative estimate of drug-likeness (QED) is 0.884. The number of aromatic nitrogens is 2. The number of amides is 1. The lowest BCUT2D eigenvalue weighted by atomic mass is 10.0. The van der Waals surface area contributed by atoms with Crippen LogP contribution < -0.4 is 5.32 Å². The summed E-state index contributed by atoms with van der Waals surface area (Å²) in [7, 11) is 0. The molecule has 26 heavy (non-hydrogen) atoms. The molecular formula is C19H26N4O3. The topological polar surface area (TPSA) is 72.5 Å². The van der Waals surface area contributed by atoms with Crippen LogP contribution in [0, 0.1) is 5.92 Å². The standard InChI is InChI=1S/C19H26N4O3/c24-19(18-2-1-9-26-18)20-7-3-15-12-22(16-5-10-25-11-6-16)14-17-4-8-21-23(17)13-15/h1-2,4,8-9,15-16H,3,5-7,10-14H2,(H,20,24)/t15-/m0/s1. The second kappa shape index (κ2) is 8.05. The number of nitrogens with zero attached hydrogens (tertiary/aromatic N) is 3. The van der Waals surface area contributed by atoms with Gasteiger partial charge in [-0.3, -0.25) is 14.4 Å². The smallest absolute Gasteiger partial charge is 0.286 e. The van der Waals surface area contributed by atoms with Crippen molar-refractivity contribution in [3.63, 3.8) is 0 Å². The third-order valence-electron chi connectivity index (χ3n) is 5.38. The number of fused-ring (bicyclic) bond motifs is 1. The molecule has 0 unspecified atom stereocenters. The van der Waals surface area contributed by atoms with Gasteiger partial charge in [0.2, 0.25) is 0 Å². The summed E-state index contributed by atoms with van der Waals surface area (Å²) in [4.78, 5) is 14.6. The number of hydrogen-bond donors (Lipinski definition) is 1. The molecule has 4 rings (SSSR count). The van der Waals surface area contributed by atoms with E-state index in [1.807, 2.05) is 6.20 Å². The van der Waals surface area contributed by atoms with Crippen LogP contribution in [-0.4, -0.2) is 52.9 Å². The highest BCUT2D eigenvalue weighted by atomic mass is 16.5. The molecule has 7 nitrogen and oxygen atoms in total. The first kappa shape index (κ1) is 17.3. The van der Waals surface area contributed by atoms with E-state index in [0.717, 1.165) is 52.1 Å². The Kier molecular flexibility index (Phi) is 5.36. The van der Waals surface area contributed by atoms with Crippen LogP contribution in [0.15, 0.2) is 35.1 Å². The van der Waals surface area contributed by atoms with Gasteiger partial charge in [-0.2, -0.15) is 5.10 Å². The summed E-state index contributed by atoms with van der Waals surface area (Å²) in [6, 6.07) is 6.10. The fraction of sp³-hybridized carbons (Fsp3) is 0.579. The van der Waals surface area contributed by atoms with Crippen molar-refractivity contribution in [1.82, 2.24) is 20.0 Å². The first-order valence-electron chi connectivity index (χ1n) is 9.44. The molecular weight excluding hydrogens is 332 g/mol. The molecule has 1 atom stereocenters. The number of ether oxygens (including phenoxy) is 1. The molecule has 1 amide bonds. The highest BCUT2D eigenvalue weighted by molar-refractivity contribution is 5.91. The third kappa shape index (κ3) is 3.99. The van der Waals surface area contributed by atoms with Gasteiger partial charge in [-0.15, -0.1) is 0 Å². The Hall–Kier alpha value is -2.12. The Morgan fingerprint density at radius 2 is 2.15 bits per heavy atom. The number of furan rings is 1. The molecule has 0 saturated carbocycles. The molecule has 0 aliphatic carbocycles. The maximum atomic E-state index is 12.0. The molecule has 0 radical (unpaired) electrons. The molecule has 4 heterocycles. The van der Waals surface area contributed by atoms with E-state index < -0.39 is 0 Å². The van der Waals surface area contributed by atoms with Crippen molar-refractivity contribution in [3.05, 3.63) is 42.1 Å². The fourth-order valence-corrected chi connectivity index (χ4v) is 3.96. The molecule has 1 saturated heterocycles. The highest BCUT2D eigenvalue weighted by Gasteiger charge is 2.28. The number of nitrogens with one attached hydrogen (secondary N) is 1. The van der Waals surface area contributed by atoms with Gasteiger partial charge in [0.05, 0.1) is 12.0 Å². The highest BCUT2D eigenvalue weighted by Crippen LogP contribution is 2.24. The first-order valence-corrected chi connectivity index (χ1v) is 9.44. The second-order valence-corrected chi connectivity index (χ2v) is 7.17. The van der Waals surface area contributed by atoms with Crippen molar-refractivity contribution in [1.29, 1.82) is 0 Å². The molecule has 2 aliphatic heterocycles. The molecule has 2 aromatic rings. The van der Waals surface area contributed by atoms with Gasteiger partial charge in [0.1, 0.15) is 0 Å². The average molecular weight is 358 g/mol. The summed E-state index contributed by atoms with van der Waals surface area (Å²) >= 11 is 0. The maximum absolute atomic E-state index is 12.0. The molecule has 1 fully saturated rings. The zero-order chi connectivity index (χ0) is 17.8. The molecule has 2 aliphatic rings. The monoisotopic (exact) mass is 358 g/mol. The van der Waals surface area contributed by atoms with Gasteiger partial charge in [-0.1, -0.05) is 0 Å². The van der Waals surface area contributed by atoms with Gasteiger partial charge in [-0.05, 0) is 43.4 Å².